The standard InChI is InChI=1S/C10H18IN3O3/c1-6(2)8(13-5-15)9(16)14-7(3)4-12-10(11)17/h5-8H,4H2,1-3H3,(H,12,17)(H,13,15)(H,14,16)/t7-,8-/m0/s1. The summed E-state index contributed by atoms with van der Waals surface area (Å²) in [6.07, 6.45) is 0.515. The Bertz CT molecular complexity index is 284. The van der Waals surface area contributed by atoms with Gasteiger partial charge in [-0.3, -0.25) is 14.4 Å². The quantitative estimate of drug-likeness (QED) is 0.268. The van der Waals surface area contributed by atoms with E-state index >= 15 is 0 Å². The number of amides is 3. The molecule has 3 N–H and O–H groups in total. The fourth-order valence-corrected chi connectivity index (χ4v) is 1.48. The minimum absolute atomic E-state index is 0.00608. The molecule has 0 bridgehead atoms. The molecule has 98 valence electrons. The van der Waals surface area contributed by atoms with Crippen molar-refractivity contribution in [3.63, 3.8) is 0 Å². The lowest BCUT2D eigenvalue weighted by atomic mass is 10.0. The molecule has 7 heteroatoms. The highest BCUT2D eigenvalue weighted by molar-refractivity contribution is 14.1. The maximum absolute atomic E-state index is 11.8. The van der Waals surface area contributed by atoms with Gasteiger partial charge in [0.2, 0.25) is 12.3 Å². The molecule has 0 saturated heterocycles. The van der Waals surface area contributed by atoms with Crippen LogP contribution in [0.15, 0.2) is 0 Å². The van der Waals surface area contributed by atoms with E-state index in [1.54, 1.807) is 29.5 Å². The van der Waals surface area contributed by atoms with Gasteiger partial charge in [-0.1, -0.05) is 13.8 Å². The van der Waals surface area contributed by atoms with Gasteiger partial charge >= 0.3 is 0 Å². The van der Waals surface area contributed by atoms with Gasteiger partial charge in [-0.2, -0.15) is 0 Å². The number of hydrogen-bond donors (Lipinski definition) is 3. The maximum atomic E-state index is 11.8. The average Bonchev–Trinajstić information content (AvgIpc) is 2.22. The summed E-state index contributed by atoms with van der Waals surface area (Å²) in [5, 5.41) is 7.79. The number of carbonyl (C=O) groups excluding carboxylic acids is 3. The van der Waals surface area contributed by atoms with Gasteiger partial charge in [0.15, 0.2) is 0 Å². The smallest absolute Gasteiger partial charge is 0.280 e. The second-order valence-electron chi connectivity index (χ2n) is 4.07. The SMILES string of the molecule is CC(C)[C@H](NC=O)C(=O)N[C@@H](C)CNC(=O)I. The van der Waals surface area contributed by atoms with Crippen molar-refractivity contribution in [2.24, 2.45) is 5.92 Å². The zero-order valence-corrected chi connectivity index (χ0v) is 12.3. The van der Waals surface area contributed by atoms with Crippen LogP contribution in [0.2, 0.25) is 0 Å². The predicted octanol–water partition coefficient (Wildman–Crippen LogP) is 0.406. The summed E-state index contributed by atoms with van der Waals surface area (Å²) in [7, 11) is 0. The Morgan fingerprint density at radius 3 is 2.29 bits per heavy atom. The Morgan fingerprint density at radius 1 is 1.29 bits per heavy atom. The van der Waals surface area contributed by atoms with Crippen molar-refractivity contribution in [3.05, 3.63) is 0 Å². The average molecular weight is 355 g/mol. The van der Waals surface area contributed by atoms with Crippen LogP contribution in [0.25, 0.3) is 0 Å². The Balaban J connectivity index is 4.20. The van der Waals surface area contributed by atoms with Crippen LogP contribution in [0, 0.1) is 5.92 Å². The molecule has 0 radical (unpaired) electrons. The second kappa shape index (κ2) is 8.26. The summed E-state index contributed by atoms with van der Waals surface area (Å²) < 4.78 is -0.171. The Kier molecular flexibility index (Phi) is 7.85. The van der Waals surface area contributed by atoms with E-state index in [1.807, 2.05) is 13.8 Å². The number of carbonyl (C=O) groups is 3. The van der Waals surface area contributed by atoms with Crippen molar-refractivity contribution in [1.82, 2.24) is 16.0 Å². The van der Waals surface area contributed by atoms with Crippen LogP contribution in [-0.4, -0.2) is 34.9 Å². The molecule has 3 amide bonds. The fraction of sp³-hybridized carbons (Fsp3) is 0.700. The van der Waals surface area contributed by atoms with Crippen molar-refractivity contribution in [2.45, 2.75) is 32.9 Å². The summed E-state index contributed by atoms with van der Waals surface area (Å²) >= 11 is 1.63. The molecule has 0 aromatic heterocycles. The molecule has 0 aliphatic carbocycles. The molecule has 0 spiro atoms. The highest BCUT2D eigenvalue weighted by atomic mass is 127. The largest absolute Gasteiger partial charge is 0.350 e. The molecular formula is C10H18IN3O3. The summed E-state index contributed by atoms with van der Waals surface area (Å²) in [6, 6.07) is -0.735. The first-order valence-corrected chi connectivity index (χ1v) is 6.39. The molecule has 0 aromatic rings. The van der Waals surface area contributed by atoms with Gasteiger partial charge < -0.3 is 16.0 Å². The molecule has 0 aliphatic heterocycles. The van der Waals surface area contributed by atoms with Gasteiger partial charge in [0.05, 0.1) is 0 Å². The fourth-order valence-electron chi connectivity index (χ4n) is 1.26. The van der Waals surface area contributed by atoms with Crippen molar-refractivity contribution in [2.75, 3.05) is 6.54 Å². The Labute approximate surface area is 114 Å². The predicted molar refractivity (Wildman–Crippen MR) is 72.8 cm³/mol. The number of hydrogen-bond acceptors (Lipinski definition) is 3. The van der Waals surface area contributed by atoms with Crippen LogP contribution in [0.1, 0.15) is 20.8 Å². The summed E-state index contributed by atoms with van der Waals surface area (Å²) in [5.74, 6) is -0.242. The molecule has 0 aliphatic rings. The van der Waals surface area contributed by atoms with E-state index in [1.165, 1.54) is 0 Å². The first kappa shape index (κ1) is 16.1. The molecule has 17 heavy (non-hydrogen) atoms. The van der Waals surface area contributed by atoms with Gasteiger partial charge in [0.1, 0.15) is 6.04 Å². The molecule has 0 saturated carbocycles. The molecule has 0 rings (SSSR count). The van der Waals surface area contributed by atoms with Crippen molar-refractivity contribution in [1.29, 1.82) is 0 Å². The zero-order chi connectivity index (χ0) is 13.4. The maximum Gasteiger partial charge on any atom is 0.280 e. The van der Waals surface area contributed by atoms with Crippen LogP contribution in [0.4, 0.5) is 4.79 Å². The minimum atomic E-state index is -0.551. The van der Waals surface area contributed by atoms with Crippen LogP contribution in [-0.2, 0) is 9.59 Å². The third-order valence-electron chi connectivity index (χ3n) is 2.13. The van der Waals surface area contributed by atoms with Crippen LogP contribution in [0.3, 0.4) is 0 Å². The van der Waals surface area contributed by atoms with E-state index in [9.17, 15) is 14.4 Å². The van der Waals surface area contributed by atoms with Gasteiger partial charge in [-0.25, -0.2) is 0 Å². The second-order valence-corrected chi connectivity index (χ2v) is 5.05. The summed E-state index contributed by atoms with van der Waals surface area (Å²) in [6.45, 7) is 5.83. The Morgan fingerprint density at radius 2 is 1.88 bits per heavy atom. The van der Waals surface area contributed by atoms with Gasteiger partial charge in [-0.05, 0) is 12.8 Å². The van der Waals surface area contributed by atoms with E-state index < -0.39 is 6.04 Å². The van der Waals surface area contributed by atoms with E-state index in [0.29, 0.717) is 13.0 Å². The lowest BCUT2D eigenvalue weighted by Gasteiger charge is -2.22. The molecule has 2 atom stereocenters. The first-order valence-electron chi connectivity index (χ1n) is 5.31. The van der Waals surface area contributed by atoms with E-state index in [2.05, 4.69) is 16.0 Å². The van der Waals surface area contributed by atoms with E-state index in [4.69, 9.17) is 0 Å². The molecule has 0 aromatic carbocycles. The first-order chi connectivity index (χ1) is 7.88. The molecule has 0 fully saturated rings. The topological polar surface area (TPSA) is 87.3 Å². The Hall–Kier alpha value is -0.860. The molecular weight excluding hydrogens is 337 g/mol. The normalized spacial score (nSPS) is 13.7. The third kappa shape index (κ3) is 7.14. The monoisotopic (exact) mass is 355 g/mol. The van der Waals surface area contributed by atoms with Gasteiger partial charge in [0.25, 0.3) is 3.91 Å². The molecule has 0 heterocycles. The molecule has 6 nitrogen and oxygen atoms in total. The summed E-state index contributed by atoms with van der Waals surface area (Å²) in [4.78, 5) is 32.8. The van der Waals surface area contributed by atoms with Crippen molar-refractivity contribution in [3.8, 4) is 0 Å². The van der Waals surface area contributed by atoms with E-state index in [0.717, 1.165) is 0 Å². The number of nitrogens with one attached hydrogen (secondary N) is 3. The van der Waals surface area contributed by atoms with Crippen LogP contribution >= 0.6 is 22.6 Å². The number of halogens is 1. The van der Waals surface area contributed by atoms with Crippen molar-refractivity contribution >= 4 is 38.8 Å². The van der Waals surface area contributed by atoms with Gasteiger partial charge in [0, 0.05) is 35.2 Å². The van der Waals surface area contributed by atoms with Crippen molar-refractivity contribution < 1.29 is 14.4 Å². The zero-order valence-electron chi connectivity index (χ0n) is 10.1. The van der Waals surface area contributed by atoms with E-state index in [-0.39, 0.29) is 21.8 Å². The number of rotatable bonds is 7. The highest BCUT2D eigenvalue weighted by Crippen LogP contribution is 2.01. The lowest BCUT2D eigenvalue weighted by Crippen LogP contribution is -2.51. The lowest BCUT2D eigenvalue weighted by molar-refractivity contribution is -0.127. The van der Waals surface area contributed by atoms with Crippen LogP contribution in [0.5, 0.6) is 0 Å². The van der Waals surface area contributed by atoms with Crippen LogP contribution < -0.4 is 16.0 Å². The summed E-state index contributed by atoms with van der Waals surface area (Å²) in [5.41, 5.74) is 0. The third-order valence-corrected chi connectivity index (χ3v) is 2.51. The molecule has 0 unspecified atom stereocenters. The highest BCUT2D eigenvalue weighted by Gasteiger charge is 2.22. The van der Waals surface area contributed by atoms with Gasteiger partial charge in [-0.15, -0.1) is 0 Å². The minimum Gasteiger partial charge on any atom is -0.350 e.